The minimum absolute atomic E-state index is 0.134. The van der Waals surface area contributed by atoms with Crippen molar-refractivity contribution in [3.8, 4) is 44.8 Å². The highest BCUT2D eigenvalue weighted by Crippen LogP contribution is 2.65. The van der Waals surface area contributed by atoms with Gasteiger partial charge in [-0.2, -0.15) is 0 Å². The molecule has 4 heteroatoms. The van der Waals surface area contributed by atoms with Gasteiger partial charge in [0.15, 0.2) is 5.82 Å². The van der Waals surface area contributed by atoms with E-state index in [0.29, 0.717) is 5.92 Å². The number of benzene rings is 7. The molecule has 1 aliphatic heterocycles. The molecule has 7 aromatic carbocycles. The lowest BCUT2D eigenvalue weighted by Crippen LogP contribution is -2.29. The molecule has 8 aromatic rings. The molecule has 0 radical (unpaired) electrons. The third-order valence-electron chi connectivity index (χ3n) is 12.9. The van der Waals surface area contributed by atoms with E-state index in [1.165, 1.54) is 66.8 Å². The molecular weight excluding hydrogens is 705 g/mol. The van der Waals surface area contributed by atoms with Crippen molar-refractivity contribution < 1.29 is 0 Å². The molecule has 0 bridgehead atoms. The third-order valence-corrected chi connectivity index (χ3v) is 12.9. The Labute approximate surface area is 338 Å². The smallest absolute Gasteiger partial charge is 0.159 e. The van der Waals surface area contributed by atoms with Crippen LogP contribution in [0.1, 0.15) is 69.0 Å². The van der Waals surface area contributed by atoms with E-state index < -0.39 is 5.41 Å². The van der Waals surface area contributed by atoms with Gasteiger partial charge in [0.25, 0.3) is 0 Å². The number of aromatic nitrogens is 2. The number of amidine groups is 1. The number of hydrogen-bond acceptors (Lipinski definition) is 4. The van der Waals surface area contributed by atoms with Crippen LogP contribution in [0.15, 0.2) is 187 Å². The van der Waals surface area contributed by atoms with Gasteiger partial charge < -0.3 is 5.32 Å². The molecule has 1 N–H and O–H groups in total. The Bertz CT molecular complexity index is 3020. The Hall–Kier alpha value is -7.17. The van der Waals surface area contributed by atoms with E-state index in [2.05, 4.69) is 176 Å². The molecule has 274 valence electrons. The van der Waals surface area contributed by atoms with Crippen LogP contribution in [0.4, 0.5) is 0 Å². The first-order valence-electron chi connectivity index (χ1n) is 20.3. The highest BCUT2D eigenvalue weighted by Gasteiger charge is 2.53. The van der Waals surface area contributed by atoms with Crippen molar-refractivity contribution in [3.05, 3.63) is 232 Å². The number of fused-ring (bicyclic) bond motifs is 14. The van der Waals surface area contributed by atoms with E-state index in [-0.39, 0.29) is 6.04 Å². The zero-order valence-corrected chi connectivity index (χ0v) is 32.0. The lowest BCUT2D eigenvalue weighted by molar-refractivity contribution is 0.746. The second-order valence-corrected chi connectivity index (χ2v) is 16.0. The first-order chi connectivity index (χ1) is 28.7. The Kier molecular flexibility index (Phi) is 7.21. The summed E-state index contributed by atoms with van der Waals surface area (Å²) >= 11 is 0. The summed E-state index contributed by atoms with van der Waals surface area (Å²) in [6, 6.07) is 59.8. The maximum Gasteiger partial charge on any atom is 0.159 e. The number of nitrogens with zero attached hydrogens (tertiary/aromatic N) is 3. The molecule has 3 unspecified atom stereocenters. The van der Waals surface area contributed by atoms with E-state index in [9.17, 15) is 0 Å². The van der Waals surface area contributed by atoms with E-state index in [1.807, 2.05) is 18.5 Å². The zero-order valence-electron chi connectivity index (χ0n) is 32.0. The summed E-state index contributed by atoms with van der Waals surface area (Å²) in [5.41, 5.74) is 20.8. The Morgan fingerprint density at radius 2 is 1.19 bits per heavy atom. The largest absolute Gasteiger partial charge is 0.340 e. The van der Waals surface area contributed by atoms with Gasteiger partial charge in [-0.1, -0.05) is 153 Å². The summed E-state index contributed by atoms with van der Waals surface area (Å²) < 4.78 is 0. The first-order valence-corrected chi connectivity index (χ1v) is 20.3. The highest BCUT2D eigenvalue weighted by atomic mass is 15.0. The van der Waals surface area contributed by atoms with Crippen LogP contribution in [0.2, 0.25) is 0 Å². The molecule has 4 nitrogen and oxygen atoms in total. The van der Waals surface area contributed by atoms with Crippen molar-refractivity contribution in [1.82, 2.24) is 15.3 Å². The monoisotopic (exact) mass is 742 g/mol. The normalized spacial score (nSPS) is 19.1. The first kappa shape index (κ1) is 33.0. The van der Waals surface area contributed by atoms with Gasteiger partial charge >= 0.3 is 0 Å². The average Bonchev–Trinajstić information content (AvgIpc) is 3.76. The lowest BCUT2D eigenvalue weighted by Gasteiger charge is -2.33. The average molecular weight is 743 g/mol. The summed E-state index contributed by atoms with van der Waals surface area (Å²) in [7, 11) is 0. The van der Waals surface area contributed by atoms with E-state index >= 15 is 0 Å². The molecule has 0 fully saturated rings. The van der Waals surface area contributed by atoms with Crippen molar-refractivity contribution in [2.45, 2.75) is 30.7 Å². The van der Waals surface area contributed by atoms with Gasteiger partial charge in [-0.05, 0) is 115 Å². The van der Waals surface area contributed by atoms with Crippen LogP contribution in [-0.2, 0) is 11.8 Å². The van der Waals surface area contributed by atoms with Crippen LogP contribution in [0.25, 0.3) is 50.5 Å². The molecule has 58 heavy (non-hydrogen) atoms. The fourth-order valence-electron chi connectivity index (χ4n) is 10.4. The van der Waals surface area contributed by atoms with E-state index in [4.69, 9.17) is 15.0 Å². The topological polar surface area (TPSA) is 50.2 Å². The molecule has 4 aliphatic rings. The van der Waals surface area contributed by atoms with Gasteiger partial charge in [0.1, 0.15) is 5.84 Å². The molecule has 1 aromatic heterocycles. The van der Waals surface area contributed by atoms with Crippen LogP contribution in [0.3, 0.4) is 0 Å². The Balaban J connectivity index is 1.12. The summed E-state index contributed by atoms with van der Waals surface area (Å²) in [5.74, 6) is 2.01. The highest BCUT2D eigenvalue weighted by molar-refractivity contribution is 6.07. The molecule has 3 atom stereocenters. The van der Waals surface area contributed by atoms with Gasteiger partial charge in [0.2, 0.25) is 0 Å². The van der Waals surface area contributed by atoms with Gasteiger partial charge in [-0.25, -0.2) is 9.97 Å². The van der Waals surface area contributed by atoms with Crippen LogP contribution >= 0.6 is 0 Å². The van der Waals surface area contributed by atoms with Gasteiger partial charge in [0, 0.05) is 29.2 Å². The minimum atomic E-state index is -0.571. The van der Waals surface area contributed by atoms with Crippen molar-refractivity contribution in [1.29, 1.82) is 0 Å². The van der Waals surface area contributed by atoms with E-state index in [1.54, 1.807) is 0 Å². The van der Waals surface area contributed by atoms with Gasteiger partial charge in [-0.3, -0.25) is 4.99 Å². The molecule has 1 spiro atoms. The van der Waals surface area contributed by atoms with Crippen molar-refractivity contribution in [2.24, 2.45) is 4.99 Å². The zero-order chi connectivity index (χ0) is 38.4. The van der Waals surface area contributed by atoms with Crippen LogP contribution < -0.4 is 5.32 Å². The van der Waals surface area contributed by atoms with Crippen molar-refractivity contribution in [2.75, 3.05) is 0 Å². The second kappa shape index (κ2) is 12.7. The molecule has 12 rings (SSSR count). The van der Waals surface area contributed by atoms with Crippen molar-refractivity contribution >= 4 is 11.5 Å². The van der Waals surface area contributed by atoms with Crippen LogP contribution in [0, 0.1) is 0 Å². The fraction of sp³-hybridized carbons (Fsp3) is 0.0926. The molecule has 2 heterocycles. The van der Waals surface area contributed by atoms with Gasteiger partial charge in [0.05, 0.1) is 11.5 Å². The number of nitrogens with one attached hydrogen (secondary N) is 1. The standard InChI is InChI=1S/C54H38N4/c1-33-29-44-40(39-18-9-8-17-38(33)39)25-26-46-51(44)43-19-10-11-20-45(43)54(46)47-30-36(52-55-27-12-28-56-52)21-23-41(47)42-24-22-37(31-48(42)54)53-57-49(34-13-4-2-5-14-34)32-50(58-53)35-15-6-3-7-16-35/h2-28,30-33,49H,29H2,1H3,(H,57,58). The SMILES string of the molecule is CC1Cc2c(ccc3c2-c2ccccc2C32c3cc(C4=NC(c5ccccc5)C=C(c5ccccc5)N4)ccc3-c3ccc(-c4ncccn4)cc32)-c2ccccc21. The predicted molar refractivity (Wildman–Crippen MR) is 235 cm³/mol. The summed E-state index contributed by atoms with van der Waals surface area (Å²) in [6.07, 6.45) is 6.90. The second-order valence-electron chi connectivity index (χ2n) is 16.0. The van der Waals surface area contributed by atoms with E-state index in [0.717, 1.165) is 46.0 Å². The maximum absolute atomic E-state index is 5.43. The minimum Gasteiger partial charge on any atom is -0.340 e. The molecule has 0 saturated heterocycles. The van der Waals surface area contributed by atoms with Gasteiger partial charge in [-0.15, -0.1) is 0 Å². The Morgan fingerprint density at radius 1 is 0.534 bits per heavy atom. The Morgan fingerprint density at radius 3 is 1.98 bits per heavy atom. The quantitative estimate of drug-likeness (QED) is 0.195. The number of aliphatic imine (C=N–C) groups is 1. The number of hydrogen-bond donors (Lipinski definition) is 1. The molecule has 3 aliphatic carbocycles. The summed E-state index contributed by atoms with van der Waals surface area (Å²) in [5, 5.41) is 3.80. The predicted octanol–water partition coefficient (Wildman–Crippen LogP) is 11.9. The summed E-state index contributed by atoms with van der Waals surface area (Å²) in [6.45, 7) is 2.38. The molecule has 0 amide bonds. The van der Waals surface area contributed by atoms with Crippen LogP contribution in [-0.4, -0.2) is 15.8 Å². The maximum atomic E-state index is 5.43. The van der Waals surface area contributed by atoms with Crippen LogP contribution in [0.5, 0.6) is 0 Å². The molecular formula is C54H38N4. The lowest BCUT2D eigenvalue weighted by atomic mass is 9.69. The third kappa shape index (κ3) is 4.72. The fourth-order valence-corrected chi connectivity index (χ4v) is 10.4. The summed E-state index contributed by atoms with van der Waals surface area (Å²) in [4.78, 5) is 14.9. The number of rotatable bonds is 4. The van der Waals surface area contributed by atoms with Crippen molar-refractivity contribution in [3.63, 3.8) is 0 Å². The molecule has 0 saturated carbocycles.